The van der Waals surface area contributed by atoms with Crippen molar-refractivity contribution in [1.82, 2.24) is 0 Å². The molecule has 0 atom stereocenters. The van der Waals surface area contributed by atoms with E-state index < -0.39 is 0 Å². The van der Waals surface area contributed by atoms with Crippen LogP contribution in [-0.2, 0) is 9.47 Å². The second-order valence-electron chi connectivity index (χ2n) is 5.43. The summed E-state index contributed by atoms with van der Waals surface area (Å²) in [4.78, 5) is 15.7. The molecule has 0 spiro atoms. The summed E-state index contributed by atoms with van der Waals surface area (Å²) in [6.45, 7) is 8.55. The van der Waals surface area contributed by atoms with E-state index in [1.165, 1.54) is 11.3 Å². The molecule has 118 valence electrons. The Morgan fingerprint density at radius 3 is 2.86 bits per heavy atom. The monoisotopic (exact) mass is 330 g/mol. The van der Waals surface area contributed by atoms with Crippen LogP contribution in [0.4, 0.5) is 10.7 Å². The molecular formula is C14H22N2O3S2. The molecule has 1 aliphatic heterocycles. The van der Waals surface area contributed by atoms with Crippen molar-refractivity contribution in [1.29, 1.82) is 0 Å². The summed E-state index contributed by atoms with van der Waals surface area (Å²) in [6.07, 6.45) is 1.97. The fourth-order valence-corrected chi connectivity index (χ4v) is 4.46. The third kappa shape index (κ3) is 3.46. The Kier molecular flexibility index (Phi) is 5.06. The number of anilines is 2. The lowest BCUT2D eigenvalue weighted by Crippen LogP contribution is -2.48. The van der Waals surface area contributed by atoms with Gasteiger partial charge in [0, 0.05) is 13.1 Å². The number of nitrogen functional groups attached to an aromatic ring is 1. The number of rotatable bonds is 4. The lowest BCUT2D eigenvalue weighted by atomic mass is 10.1. The normalized spacial score (nSPS) is 17.8. The molecule has 0 saturated carbocycles. The van der Waals surface area contributed by atoms with E-state index in [0.717, 1.165) is 23.0 Å². The third-order valence-electron chi connectivity index (χ3n) is 3.26. The van der Waals surface area contributed by atoms with Gasteiger partial charge in [-0.05, 0) is 27.0 Å². The SMILES string of the molecule is CCOC(=O)c1sc(N2CCOC(C)(C)C2)c(SC)c1N. The number of thiophene rings is 1. The van der Waals surface area contributed by atoms with E-state index in [0.29, 0.717) is 23.8 Å². The number of nitrogens with two attached hydrogens (primary N) is 1. The van der Waals surface area contributed by atoms with Crippen LogP contribution in [0.25, 0.3) is 0 Å². The zero-order valence-electron chi connectivity index (χ0n) is 12.9. The molecule has 1 aromatic heterocycles. The van der Waals surface area contributed by atoms with E-state index in [1.54, 1.807) is 18.7 Å². The summed E-state index contributed by atoms with van der Waals surface area (Å²) in [6, 6.07) is 0. The first-order valence-electron chi connectivity index (χ1n) is 6.92. The number of hydrogen-bond acceptors (Lipinski definition) is 7. The lowest BCUT2D eigenvalue weighted by molar-refractivity contribution is -0.0276. The number of carbonyl (C=O) groups excluding carboxylic acids is 1. The van der Waals surface area contributed by atoms with Crippen LogP contribution < -0.4 is 10.6 Å². The Morgan fingerprint density at radius 2 is 2.29 bits per heavy atom. The molecule has 0 amide bonds. The minimum atomic E-state index is -0.339. The van der Waals surface area contributed by atoms with Crippen LogP contribution in [0.2, 0.25) is 0 Å². The van der Waals surface area contributed by atoms with E-state index >= 15 is 0 Å². The number of ether oxygens (including phenoxy) is 2. The predicted octanol–water partition coefficient (Wildman–Crippen LogP) is 2.84. The summed E-state index contributed by atoms with van der Waals surface area (Å²) in [5.41, 5.74) is 6.49. The Labute approximate surface area is 133 Å². The standard InChI is InChI=1S/C14H22N2O3S2/c1-5-18-13(17)11-9(15)10(20-4)12(21-11)16-6-7-19-14(2,3)8-16/h5-8,15H2,1-4H3. The van der Waals surface area contributed by atoms with Crippen molar-refractivity contribution in [3.8, 4) is 0 Å². The molecule has 2 rings (SSSR count). The Balaban J connectivity index is 2.35. The molecule has 0 aromatic carbocycles. The highest BCUT2D eigenvalue weighted by atomic mass is 32.2. The van der Waals surface area contributed by atoms with Gasteiger partial charge in [0.2, 0.25) is 0 Å². The summed E-state index contributed by atoms with van der Waals surface area (Å²) in [7, 11) is 0. The molecule has 1 aliphatic rings. The molecule has 0 bridgehead atoms. The van der Waals surface area contributed by atoms with Crippen LogP contribution in [0.1, 0.15) is 30.4 Å². The van der Waals surface area contributed by atoms with Gasteiger partial charge in [0.15, 0.2) is 0 Å². The molecule has 1 fully saturated rings. The second-order valence-corrected chi connectivity index (χ2v) is 7.25. The predicted molar refractivity (Wildman–Crippen MR) is 88.7 cm³/mol. The quantitative estimate of drug-likeness (QED) is 0.676. The summed E-state index contributed by atoms with van der Waals surface area (Å²) in [5, 5.41) is 1.04. The van der Waals surface area contributed by atoms with Gasteiger partial charge < -0.3 is 20.1 Å². The number of esters is 1. The maximum absolute atomic E-state index is 12.0. The van der Waals surface area contributed by atoms with Crippen LogP contribution in [0.3, 0.4) is 0 Å². The van der Waals surface area contributed by atoms with Gasteiger partial charge in [-0.25, -0.2) is 4.79 Å². The van der Waals surface area contributed by atoms with Crippen LogP contribution >= 0.6 is 23.1 Å². The summed E-state index contributed by atoms with van der Waals surface area (Å²) < 4.78 is 10.8. The van der Waals surface area contributed by atoms with Gasteiger partial charge in [-0.2, -0.15) is 0 Å². The topological polar surface area (TPSA) is 64.8 Å². The molecule has 1 saturated heterocycles. The van der Waals surface area contributed by atoms with Gasteiger partial charge in [0.1, 0.15) is 9.88 Å². The average molecular weight is 330 g/mol. The van der Waals surface area contributed by atoms with Crippen molar-refractivity contribution in [2.75, 3.05) is 43.2 Å². The van der Waals surface area contributed by atoms with Gasteiger partial charge in [-0.3, -0.25) is 0 Å². The minimum absolute atomic E-state index is 0.198. The van der Waals surface area contributed by atoms with Crippen LogP contribution in [-0.4, -0.2) is 44.1 Å². The number of thioether (sulfide) groups is 1. The Hall–Kier alpha value is -0.920. The molecule has 0 radical (unpaired) electrons. The lowest BCUT2D eigenvalue weighted by Gasteiger charge is -2.39. The van der Waals surface area contributed by atoms with Crippen LogP contribution in [0.5, 0.6) is 0 Å². The molecule has 5 nitrogen and oxygen atoms in total. The molecule has 1 aromatic rings. The van der Waals surface area contributed by atoms with Crippen LogP contribution in [0, 0.1) is 0 Å². The van der Waals surface area contributed by atoms with Crippen molar-refractivity contribution in [2.24, 2.45) is 0 Å². The van der Waals surface area contributed by atoms with Crippen LogP contribution in [0.15, 0.2) is 4.90 Å². The minimum Gasteiger partial charge on any atom is -0.462 e. The number of morpholine rings is 1. The molecule has 21 heavy (non-hydrogen) atoms. The first-order valence-corrected chi connectivity index (χ1v) is 8.96. The molecule has 0 aliphatic carbocycles. The smallest absolute Gasteiger partial charge is 0.350 e. The van der Waals surface area contributed by atoms with E-state index in [-0.39, 0.29) is 11.6 Å². The number of nitrogens with zero attached hydrogens (tertiary/aromatic N) is 1. The van der Waals surface area contributed by atoms with Gasteiger partial charge >= 0.3 is 5.97 Å². The fraction of sp³-hybridized carbons (Fsp3) is 0.643. The highest BCUT2D eigenvalue weighted by Gasteiger charge is 2.31. The van der Waals surface area contributed by atoms with Crippen molar-refractivity contribution in [2.45, 2.75) is 31.3 Å². The van der Waals surface area contributed by atoms with Crippen molar-refractivity contribution in [3.05, 3.63) is 4.88 Å². The first kappa shape index (κ1) is 16.5. The largest absolute Gasteiger partial charge is 0.462 e. The second kappa shape index (κ2) is 6.46. The third-order valence-corrected chi connectivity index (χ3v) is 5.46. The van der Waals surface area contributed by atoms with Crippen molar-refractivity contribution >= 4 is 39.8 Å². The van der Waals surface area contributed by atoms with Gasteiger partial charge in [0.05, 0.1) is 29.4 Å². The molecule has 2 heterocycles. The van der Waals surface area contributed by atoms with E-state index in [9.17, 15) is 4.79 Å². The van der Waals surface area contributed by atoms with E-state index in [1.807, 2.05) is 6.26 Å². The van der Waals surface area contributed by atoms with Crippen molar-refractivity contribution < 1.29 is 14.3 Å². The maximum atomic E-state index is 12.0. The number of hydrogen-bond donors (Lipinski definition) is 1. The van der Waals surface area contributed by atoms with E-state index in [4.69, 9.17) is 15.2 Å². The Morgan fingerprint density at radius 1 is 1.57 bits per heavy atom. The van der Waals surface area contributed by atoms with E-state index in [2.05, 4.69) is 18.7 Å². The maximum Gasteiger partial charge on any atom is 0.350 e. The average Bonchev–Trinajstić information content (AvgIpc) is 2.75. The highest BCUT2D eigenvalue weighted by Crippen LogP contribution is 2.45. The zero-order valence-corrected chi connectivity index (χ0v) is 14.5. The fourth-order valence-electron chi connectivity index (χ4n) is 2.36. The first-order chi connectivity index (χ1) is 9.89. The van der Waals surface area contributed by atoms with Gasteiger partial charge in [0.25, 0.3) is 0 Å². The molecular weight excluding hydrogens is 308 g/mol. The molecule has 7 heteroatoms. The molecule has 0 unspecified atom stereocenters. The van der Waals surface area contributed by atoms with Crippen molar-refractivity contribution in [3.63, 3.8) is 0 Å². The summed E-state index contributed by atoms with van der Waals surface area (Å²) >= 11 is 2.98. The molecule has 2 N–H and O–H groups in total. The zero-order chi connectivity index (χ0) is 15.6. The van der Waals surface area contributed by atoms with Gasteiger partial charge in [-0.15, -0.1) is 23.1 Å². The number of carbonyl (C=O) groups is 1. The van der Waals surface area contributed by atoms with Gasteiger partial charge in [-0.1, -0.05) is 0 Å². The Bertz CT molecular complexity index is 529. The summed E-state index contributed by atoms with van der Waals surface area (Å²) in [5.74, 6) is -0.339. The highest BCUT2D eigenvalue weighted by molar-refractivity contribution is 7.99.